The Kier molecular flexibility index (Phi) is 2.83. The fourth-order valence-corrected chi connectivity index (χ4v) is 0.890. The van der Waals surface area contributed by atoms with Crippen molar-refractivity contribution < 1.29 is 17.6 Å². The lowest BCUT2D eigenvalue weighted by atomic mass is 10.2. The van der Waals surface area contributed by atoms with E-state index in [1.54, 1.807) is 0 Å². The van der Waals surface area contributed by atoms with Gasteiger partial charge in [-0.25, -0.2) is 4.39 Å². The Bertz CT molecular complexity index is 322. The Morgan fingerprint density at radius 1 is 1.29 bits per heavy atom. The number of nitrogens with two attached hydrogens (primary N) is 1. The van der Waals surface area contributed by atoms with Crippen molar-refractivity contribution in [1.29, 1.82) is 0 Å². The van der Waals surface area contributed by atoms with Crippen LogP contribution in [0.3, 0.4) is 0 Å². The van der Waals surface area contributed by atoms with E-state index >= 15 is 0 Å². The maximum absolute atomic E-state index is 12.5. The van der Waals surface area contributed by atoms with Crippen LogP contribution in [0.15, 0.2) is 18.2 Å². The van der Waals surface area contributed by atoms with Crippen LogP contribution in [-0.4, -0.2) is 12.7 Å². The summed E-state index contributed by atoms with van der Waals surface area (Å²) in [7, 11) is 0. The number of halogens is 4. The molecule has 0 heterocycles. The lowest BCUT2D eigenvalue weighted by Gasteiger charge is -2.11. The normalized spacial score (nSPS) is 11.4. The van der Waals surface area contributed by atoms with Gasteiger partial charge in [-0.3, -0.25) is 0 Å². The highest BCUT2D eigenvalue weighted by atomic mass is 19.4. The van der Waals surface area contributed by atoms with Gasteiger partial charge in [-0.1, -0.05) is 0 Å². The van der Waals surface area contributed by atoms with E-state index in [2.05, 4.69) is 5.32 Å². The van der Waals surface area contributed by atoms with Gasteiger partial charge >= 0.3 is 6.18 Å². The zero-order valence-corrected chi connectivity index (χ0v) is 7.03. The summed E-state index contributed by atoms with van der Waals surface area (Å²) in [6.07, 6.45) is -4.32. The molecule has 3 N–H and O–H groups in total. The van der Waals surface area contributed by atoms with E-state index in [0.29, 0.717) is 0 Å². The van der Waals surface area contributed by atoms with Crippen molar-refractivity contribution in [2.45, 2.75) is 6.18 Å². The minimum atomic E-state index is -4.32. The molecule has 0 atom stereocenters. The molecule has 0 saturated carbocycles. The van der Waals surface area contributed by atoms with Crippen LogP contribution >= 0.6 is 0 Å². The summed E-state index contributed by atoms with van der Waals surface area (Å²) in [5.74, 6) is -0.583. The van der Waals surface area contributed by atoms with Gasteiger partial charge in [0.1, 0.15) is 12.4 Å². The van der Waals surface area contributed by atoms with Gasteiger partial charge in [-0.2, -0.15) is 13.2 Å². The van der Waals surface area contributed by atoms with E-state index in [0.717, 1.165) is 18.2 Å². The number of rotatable bonds is 2. The number of alkyl halides is 3. The van der Waals surface area contributed by atoms with E-state index in [-0.39, 0.29) is 11.4 Å². The maximum Gasteiger partial charge on any atom is 0.405 e. The molecule has 6 heteroatoms. The second-order valence-electron chi connectivity index (χ2n) is 2.70. The van der Waals surface area contributed by atoms with Crippen LogP contribution in [0, 0.1) is 5.82 Å². The van der Waals surface area contributed by atoms with Gasteiger partial charge in [0.05, 0.1) is 11.4 Å². The van der Waals surface area contributed by atoms with Gasteiger partial charge < -0.3 is 11.1 Å². The predicted octanol–water partition coefficient (Wildman–Crippen LogP) is 2.38. The SMILES string of the molecule is Nc1cc(F)ccc1NCC(F)(F)F. The van der Waals surface area contributed by atoms with E-state index in [1.165, 1.54) is 0 Å². The van der Waals surface area contributed by atoms with Crippen LogP contribution in [0.5, 0.6) is 0 Å². The van der Waals surface area contributed by atoms with Crippen LogP contribution in [-0.2, 0) is 0 Å². The third-order valence-electron chi connectivity index (χ3n) is 1.49. The quantitative estimate of drug-likeness (QED) is 0.578. The number of benzene rings is 1. The molecule has 0 saturated heterocycles. The molecule has 1 rings (SSSR count). The van der Waals surface area contributed by atoms with Gasteiger partial charge in [0.25, 0.3) is 0 Å². The van der Waals surface area contributed by atoms with Crippen molar-refractivity contribution in [2.24, 2.45) is 0 Å². The molecule has 0 unspecified atom stereocenters. The molecule has 0 fully saturated rings. The minimum Gasteiger partial charge on any atom is -0.397 e. The smallest absolute Gasteiger partial charge is 0.397 e. The first-order chi connectivity index (χ1) is 6.38. The Morgan fingerprint density at radius 2 is 1.93 bits per heavy atom. The summed E-state index contributed by atoms with van der Waals surface area (Å²) in [5.41, 5.74) is 5.31. The van der Waals surface area contributed by atoms with Crippen molar-refractivity contribution in [2.75, 3.05) is 17.6 Å². The molecule has 0 aliphatic rings. The standard InChI is InChI=1S/C8H8F4N2/c9-5-1-2-7(6(13)3-5)14-4-8(10,11)12/h1-3,14H,4,13H2. The molecule has 0 bridgehead atoms. The highest BCUT2D eigenvalue weighted by Gasteiger charge is 2.26. The number of anilines is 2. The molecule has 1 aromatic carbocycles. The summed E-state index contributed by atoms with van der Waals surface area (Å²) in [5, 5.41) is 2.06. The molecule has 78 valence electrons. The largest absolute Gasteiger partial charge is 0.405 e. The molecule has 0 radical (unpaired) electrons. The highest BCUT2D eigenvalue weighted by Crippen LogP contribution is 2.21. The second-order valence-corrected chi connectivity index (χ2v) is 2.70. The predicted molar refractivity (Wildman–Crippen MR) is 45.4 cm³/mol. The maximum atomic E-state index is 12.5. The summed E-state index contributed by atoms with van der Waals surface area (Å²) in [6, 6.07) is 3.16. The number of nitrogen functional groups attached to an aromatic ring is 1. The molecule has 2 nitrogen and oxygen atoms in total. The topological polar surface area (TPSA) is 38.0 Å². The minimum absolute atomic E-state index is 0.0470. The van der Waals surface area contributed by atoms with Gasteiger partial charge in [-0.15, -0.1) is 0 Å². The molecular formula is C8H8F4N2. The summed E-state index contributed by atoms with van der Waals surface area (Å²) < 4.78 is 47.8. The van der Waals surface area contributed by atoms with E-state index in [4.69, 9.17) is 5.73 Å². The summed E-state index contributed by atoms with van der Waals surface area (Å²) in [6.45, 7) is -1.19. The molecule has 1 aromatic rings. The van der Waals surface area contributed by atoms with Gasteiger partial charge in [0, 0.05) is 0 Å². The zero-order chi connectivity index (χ0) is 10.8. The molecular weight excluding hydrogens is 200 g/mol. The van der Waals surface area contributed by atoms with E-state index in [1.807, 2.05) is 0 Å². The van der Waals surface area contributed by atoms with Crippen molar-refractivity contribution >= 4 is 11.4 Å². The third kappa shape index (κ3) is 3.12. The van der Waals surface area contributed by atoms with Crippen molar-refractivity contribution in [3.63, 3.8) is 0 Å². The Morgan fingerprint density at radius 3 is 2.43 bits per heavy atom. The van der Waals surface area contributed by atoms with Gasteiger partial charge in [0.2, 0.25) is 0 Å². The Labute approximate surface area is 77.7 Å². The van der Waals surface area contributed by atoms with Crippen molar-refractivity contribution in [3.05, 3.63) is 24.0 Å². The van der Waals surface area contributed by atoms with Crippen LogP contribution in [0.2, 0.25) is 0 Å². The average Bonchev–Trinajstić information content (AvgIpc) is 2.00. The van der Waals surface area contributed by atoms with Crippen LogP contribution in [0.4, 0.5) is 28.9 Å². The molecule has 0 aromatic heterocycles. The van der Waals surface area contributed by atoms with Crippen molar-refractivity contribution in [1.82, 2.24) is 0 Å². The number of hydrogen-bond acceptors (Lipinski definition) is 2. The monoisotopic (exact) mass is 208 g/mol. The second kappa shape index (κ2) is 3.73. The molecule has 0 aliphatic carbocycles. The third-order valence-corrected chi connectivity index (χ3v) is 1.49. The van der Waals surface area contributed by atoms with E-state index < -0.39 is 18.5 Å². The zero-order valence-electron chi connectivity index (χ0n) is 7.03. The van der Waals surface area contributed by atoms with Crippen LogP contribution in [0.1, 0.15) is 0 Å². The fourth-order valence-electron chi connectivity index (χ4n) is 0.890. The average molecular weight is 208 g/mol. The first-order valence-corrected chi connectivity index (χ1v) is 3.74. The van der Waals surface area contributed by atoms with Crippen LogP contribution in [0.25, 0.3) is 0 Å². The first-order valence-electron chi connectivity index (χ1n) is 3.74. The van der Waals surface area contributed by atoms with Crippen LogP contribution < -0.4 is 11.1 Å². The fraction of sp³-hybridized carbons (Fsp3) is 0.250. The lowest BCUT2D eigenvalue weighted by Crippen LogP contribution is -2.21. The lowest BCUT2D eigenvalue weighted by molar-refractivity contribution is -0.115. The number of hydrogen-bond donors (Lipinski definition) is 2. The van der Waals surface area contributed by atoms with Crippen molar-refractivity contribution in [3.8, 4) is 0 Å². The molecule has 0 amide bonds. The molecule has 0 spiro atoms. The molecule has 14 heavy (non-hydrogen) atoms. The Hall–Kier alpha value is -1.46. The van der Waals surface area contributed by atoms with Gasteiger partial charge in [-0.05, 0) is 18.2 Å². The summed E-state index contributed by atoms with van der Waals surface area (Å²) >= 11 is 0. The number of nitrogens with one attached hydrogen (secondary N) is 1. The Balaban J connectivity index is 2.68. The van der Waals surface area contributed by atoms with E-state index in [9.17, 15) is 17.6 Å². The molecule has 0 aliphatic heterocycles. The first kappa shape index (κ1) is 10.6. The van der Waals surface area contributed by atoms with Gasteiger partial charge in [0.15, 0.2) is 0 Å². The summed E-state index contributed by atoms with van der Waals surface area (Å²) in [4.78, 5) is 0. The highest BCUT2D eigenvalue weighted by molar-refractivity contribution is 5.65.